The molecule has 0 saturated carbocycles. The van der Waals surface area contributed by atoms with Crippen molar-refractivity contribution in [2.24, 2.45) is 0 Å². The summed E-state index contributed by atoms with van der Waals surface area (Å²) in [4.78, 5) is 11.4. The van der Waals surface area contributed by atoms with Crippen molar-refractivity contribution in [2.75, 3.05) is 5.75 Å². The zero-order valence-electron chi connectivity index (χ0n) is 11.8. The molecule has 0 aromatic carbocycles. The molecule has 0 aromatic heterocycles. The van der Waals surface area contributed by atoms with Gasteiger partial charge < -0.3 is 15.4 Å². The van der Waals surface area contributed by atoms with Gasteiger partial charge in [0.1, 0.15) is 0 Å². The van der Waals surface area contributed by atoms with Crippen LogP contribution in [0.5, 0.6) is 0 Å². The van der Waals surface area contributed by atoms with Crippen molar-refractivity contribution in [3.05, 3.63) is 12.4 Å². The number of carbonyl (C=O) groups is 1. The van der Waals surface area contributed by atoms with Crippen LogP contribution in [0.25, 0.3) is 0 Å². The van der Waals surface area contributed by atoms with Crippen LogP contribution in [0, 0.1) is 0 Å². The van der Waals surface area contributed by atoms with Crippen LogP contribution >= 0.6 is 11.8 Å². The largest absolute Gasteiger partial charge is 0.463 e. The molecule has 19 heavy (non-hydrogen) atoms. The SMILES string of the molecule is C=C1NC2CSC(CCCCC(=O)OC(C)C)C2N1. The van der Waals surface area contributed by atoms with Gasteiger partial charge in [0.05, 0.1) is 24.0 Å². The summed E-state index contributed by atoms with van der Waals surface area (Å²) in [5.74, 6) is 2.04. The molecule has 2 saturated heterocycles. The van der Waals surface area contributed by atoms with Crippen molar-refractivity contribution in [3.63, 3.8) is 0 Å². The van der Waals surface area contributed by atoms with Crippen LogP contribution in [0.4, 0.5) is 0 Å². The Morgan fingerprint density at radius 2 is 2.26 bits per heavy atom. The zero-order chi connectivity index (χ0) is 13.8. The molecule has 0 aromatic rings. The predicted molar refractivity (Wildman–Crippen MR) is 78.9 cm³/mol. The first-order valence-corrected chi connectivity index (χ1v) is 8.14. The van der Waals surface area contributed by atoms with Gasteiger partial charge in [0.2, 0.25) is 0 Å². The second-order valence-corrected chi connectivity index (χ2v) is 6.83. The monoisotopic (exact) mass is 284 g/mol. The number of ether oxygens (including phenoxy) is 1. The van der Waals surface area contributed by atoms with Crippen LogP contribution in [0.15, 0.2) is 12.4 Å². The van der Waals surface area contributed by atoms with E-state index >= 15 is 0 Å². The van der Waals surface area contributed by atoms with Gasteiger partial charge in [-0.25, -0.2) is 0 Å². The first-order valence-electron chi connectivity index (χ1n) is 7.09. The van der Waals surface area contributed by atoms with Crippen molar-refractivity contribution >= 4 is 17.7 Å². The Balaban J connectivity index is 1.61. The number of esters is 1. The molecule has 2 rings (SSSR count). The molecule has 0 amide bonds. The molecule has 0 bridgehead atoms. The Hall–Kier alpha value is -0.840. The first kappa shape index (κ1) is 14.6. The average Bonchev–Trinajstić information content (AvgIpc) is 2.83. The van der Waals surface area contributed by atoms with E-state index in [1.165, 1.54) is 0 Å². The van der Waals surface area contributed by atoms with Gasteiger partial charge in [0.25, 0.3) is 0 Å². The topological polar surface area (TPSA) is 50.4 Å². The quantitative estimate of drug-likeness (QED) is 0.577. The molecule has 0 aliphatic carbocycles. The van der Waals surface area contributed by atoms with Crippen LogP contribution in [-0.2, 0) is 9.53 Å². The van der Waals surface area contributed by atoms with Gasteiger partial charge in [-0.2, -0.15) is 11.8 Å². The summed E-state index contributed by atoms with van der Waals surface area (Å²) >= 11 is 2.02. The summed E-state index contributed by atoms with van der Waals surface area (Å²) in [6, 6.07) is 1.05. The van der Waals surface area contributed by atoms with E-state index < -0.39 is 0 Å². The van der Waals surface area contributed by atoms with E-state index in [2.05, 4.69) is 17.2 Å². The molecule has 0 spiro atoms. The van der Waals surface area contributed by atoms with Crippen LogP contribution in [0.2, 0.25) is 0 Å². The lowest BCUT2D eigenvalue weighted by atomic mass is 10.0. The van der Waals surface area contributed by atoms with E-state index in [4.69, 9.17) is 4.74 Å². The average molecular weight is 284 g/mol. The van der Waals surface area contributed by atoms with E-state index in [-0.39, 0.29) is 12.1 Å². The van der Waals surface area contributed by atoms with Crippen LogP contribution < -0.4 is 10.6 Å². The summed E-state index contributed by atoms with van der Waals surface area (Å²) in [5.41, 5.74) is 0. The van der Waals surface area contributed by atoms with Gasteiger partial charge in [-0.05, 0) is 26.7 Å². The summed E-state index contributed by atoms with van der Waals surface area (Å²) in [6.07, 6.45) is 3.71. The number of nitrogens with one attached hydrogen (secondary N) is 2. The van der Waals surface area contributed by atoms with E-state index in [1.807, 2.05) is 25.6 Å². The number of unbranched alkanes of at least 4 members (excludes halogenated alkanes) is 1. The first-order chi connectivity index (χ1) is 9.06. The molecule has 2 aliphatic heterocycles. The second kappa shape index (κ2) is 6.55. The van der Waals surface area contributed by atoms with Crippen molar-refractivity contribution in [2.45, 2.75) is 63.0 Å². The van der Waals surface area contributed by atoms with Gasteiger partial charge in [0.15, 0.2) is 0 Å². The highest BCUT2D eigenvalue weighted by Crippen LogP contribution is 2.34. The molecule has 2 N–H and O–H groups in total. The van der Waals surface area contributed by atoms with Crippen LogP contribution in [0.3, 0.4) is 0 Å². The molecule has 0 radical (unpaired) electrons. The fourth-order valence-electron chi connectivity index (χ4n) is 2.68. The number of hydrogen-bond acceptors (Lipinski definition) is 5. The molecule has 2 fully saturated rings. The minimum Gasteiger partial charge on any atom is -0.463 e. The van der Waals surface area contributed by atoms with Gasteiger partial charge in [-0.15, -0.1) is 0 Å². The molecule has 2 heterocycles. The van der Waals surface area contributed by atoms with E-state index in [0.29, 0.717) is 23.8 Å². The smallest absolute Gasteiger partial charge is 0.306 e. The molecule has 5 heteroatoms. The highest BCUT2D eigenvalue weighted by Gasteiger charge is 2.40. The van der Waals surface area contributed by atoms with Crippen molar-refractivity contribution in [1.29, 1.82) is 0 Å². The van der Waals surface area contributed by atoms with E-state index in [9.17, 15) is 4.79 Å². The van der Waals surface area contributed by atoms with Crippen LogP contribution in [0.1, 0.15) is 39.5 Å². The highest BCUT2D eigenvalue weighted by atomic mass is 32.2. The van der Waals surface area contributed by atoms with Gasteiger partial charge in [-0.3, -0.25) is 4.79 Å². The third kappa shape index (κ3) is 4.06. The zero-order valence-corrected chi connectivity index (χ0v) is 12.6. The fourth-order valence-corrected chi connectivity index (χ4v) is 4.23. The molecular weight excluding hydrogens is 260 g/mol. The second-order valence-electron chi connectivity index (χ2n) is 5.56. The highest BCUT2D eigenvalue weighted by molar-refractivity contribution is 8.00. The standard InChI is InChI=1S/C14H24N2O2S/c1-9(2)18-13(17)7-5-4-6-12-14-11(8-19-12)15-10(3)16-14/h9,11-12,14-16H,3-8H2,1-2H3. The Kier molecular flexibility index (Phi) is 5.02. The normalized spacial score (nSPS) is 29.0. The van der Waals surface area contributed by atoms with E-state index in [1.54, 1.807) is 0 Å². The maximum absolute atomic E-state index is 11.4. The lowest BCUT2D eigenvalue weighted by Crippen LogP contribution is -2.36. The Morgan fingerprint density at radius 1 is 1.47 bits per heavy atom. The van der Waals surface area contributed by atoms with Gasteiger partial charge >= 0.3 is 5.97 Å². The number of fused-ring (bicyclic) bond motifs is 1. The number of thioether (sulfide) groups is 1. The molecule has 4 nitrogen and oxygen atoms in total. The third-order valence-electron chi connectivity index (χ3n) is 3.51. The maximum atomic E-state index is 11.4. The Morgan fingerprint density at radius 3 is 3.00 bits per heavy atom. The van der Waals surface area contributed by atoms with Crippen molar-refractivity contribution in [3.8, 4) is 0 Å². The number of hydrogen-bond donors (Lipinski definition) is 2. The molecular formula is C14H24N2O2S. The van der Waals surface area contributed by atoms with Gasteiger partial charge in [-0.1, -0.05) is 13.0 Å². The fraction of sp³-hybridized carbons (Fsp3) is 0.786. The molecule has 2 aliphatic rings. The van der Waals surface area contributed by atoms with E-state index in [0.717, 1.165) is 30.8 Å². The summed E-state index contributed by atoms with van der Waals surface area (Å²) in [6.45, 7) is 7.70. The lowest BCUT2D eigenvalue weighted by molar-refractivity contribution is -0.147. The summed E-state index contributed by atoms with van der Waals surface area (Å²) in [5, 5.41) is 7.44. The van der Waals surface area contributed by atoms with Gasteiger partial charge in [0, 0.05) is 17.4 Å². The Labute approximate surface area is 119 Å². The molecule has 3 atom stereocenters. The maximum Gasteiger partial charge on any atom is 0.306 e. The number of carbonyl (C=O) groups excluding carboxylic acids is 1. The molecule has 3 unspecified atom stereocenters. The van der Waals surface area contributed by atoms with Crippen molar-refractivity contribution in [1.82, 2.24) is 10.6 Å². The predicted octanol–water partition coefficient (Wildman–Crippen LogP) is 2.01. The minimum atomic E-state index is -0.0685. The Bertz CT molecular complexity index is 346. The molecule has 108 valence electrons. The minimum absolute atomic E-state index is 0.00146. The summed E-state index contributed by atoms with van der Waals surface area (Å²) < 4.78 is 5.13. The number of rotatable bonds is 6. The van der Waals surface area contributed by atoms with Crippen LogP contribution in [-0.4, -0.2) is 35.2 Å². The third-order valence-corrected chi connectivity index (χ3v) is 5.02. The van der Waals surface area contributed by atoms with Crippen molar-refractivity contribution < 1.29 is 9.53 Å². The summed E-state index contributed by atoms with van der Waals surface area (Å²) in [7, 11) is 0. The lowest BCUT2D eigenvalue weighted by Gasteiger charge is -2.17.